The molecule has 5 nitrogen and oxygen atoms in total. The molecule has 0 fully saturated rings. The van der Waals surface area contributed by atoms with E-state index in [-0.39, 0.29) is 18.4 Å². The Hall–Kier alpha value is -3.12. The van der Waals surface area contributed by atoms with Crippen LogP contribution in [0.1, 0.15) is 41.2 Å². The fraction of sp³-hybridized carbons (Fsp3) is 0.333. The van der Waals surface area contributed by atoms with Crippen LogP contribution in [0, 0.1) is 20.8 Å². The first-order chi connectivity index (χ1) is 17.3. The third-order valence-corrected chi connectivity index (χ3v) is 6.67. The molecule has 1 N–H and O–H groups in total. The lowest BCUT2D eigenvalue weighted by atomic mass is 10.0. The fourth-order valence-electron chi connectivity index (χ4n) is 4.13. The molecular formula is C30H35BrN2O3. The Morgan fingerprint density at radius 2 is 1.69 bits per heavy atom. The molecule has 3 rings (SSSR count). The molecule has 0 saturated heterocycles. The van der Waals surface area contributed by atoms with Crippen LogP contribution in [-0.4, -0.2) is 35.9 Å². The number of hydrogen-bond donors (Lipinski definition) is 1. The van der Waals surface area contributed by atoms with Crippen LogP contribution in [0.5, 0.6) is 5.75 Å². The minimum absolute atomic E-state index is 0.149. The molecule has 0 bridgehead atoms. The number of halogens is 1. The SMILES string of the molecule is CCCNC(=O)C(Cc1ccccc1)N(Cc1cccc(Br)c1)C(=O)COc1cc(C)cc(C)c1C. The largest absolute Gasteiger partial charge is 0.483 e. The van der Waals surface area contributed by atoms with Crippen LogP contribution in [0.15, 0.2) is 71.2 Å². The van der Waals surface area contributed by atoms with Crippen LogP contribution < -0.4 is 10.1 Å². The first-order valence-electron chi connectivity index (χ1n) is 12.3. The first kappa shape index (κ1) is 27.5. The number of nitrogens with one attached hydrogen (secondary N) is 1. The summed E-state index contributed by atoms with van der Waals surface area (Å²) in [5.41, 5.74) is 5.12. The highest BCUT2D eigenvalue weighted by molar-refractivity contribution is 9.10. The van der Waals surface area contributed by atoms with Crippen molar-refractivity contribution in [3.05, 3.63) is 99.0 Å². The lowest BCUT2D eigenvalue weighted by molar-refractivity contribution is -0.142. The van der Waals surface area contributed by atoms with Crippen LogP contribution in [0.25, 0.3) is 0 Å². The minimum atomic E-state index is -0.672. The number of benzene rings is 3. The molecule has 2 amide bonds. The summed E-state index contributed by atoms with van der Waals surface area (Å²) in [4.78, 5) is 28.7. The van der Waals surface area contributed by atoms with E-state index in [9.17, 15) is 9.59 Å². The third kappa shape index (κ3) is 7.69. The Balaban J connectivity index is 1.92. The van der Waals surface area contributed by atoms with Crippen molar-refractivity contribution < 1.29 is 14.3 Å². The van der Waals surface area contributed by atoms with Gasteiger partial charge in [-0.1, -0.05) is 71.4 Å². The normalized spacial score (nSPS) is 11.6. The standard InChI is InChI=1S/C30H35BrN2O3/c1-5-14-32-30(35)27(18-24-10-7-6-8-11-24)33(19-25-12-9-13-26(31)17-25)29(34)20-36-28-16-21(2)15-22(3)23(28)4/h6-13,15-17,27H,5,14,18-20H2,1-4H3,(H,32,35). The van der Waals surface area contributed by atoms with Crippen LogP contribution >= 0.6 is 15.9 Å². The number of amides is 2. The van der Waals surface area contributed by atoms with Crippen LogP contribution in [0.4, 0.5) is 0 Å². The highest BCUT2D eigenvalue weighted by atomic mass is 79.9. The van der Waals surface area contributed by atoms with E-state index in [0.717, 1.165) is 38.7 Å². The summed E-state index contributed by atoms with van der Waals surface area (Å²) >= 11 is 3.52. The Kier molecular flexibility index (Phi) is 10.1. The van der Waals surface area contributed by atoms with Crippen molar-refractivity contribution >= 4 is 27.7 Å². The van der Waals surface area contributed by atoms with E-state index in [0.29, 0.717) is 25.3 Å². The topological polar surface area (TPSA) is 58.6 Å². The quantitative estimate of drug-likeness (QED) is 0.322. The van der Waals surface area contributed by atoms with Gasteiger partial charge in [-0.05, 0) is 73.2 Å². The predicted octanol–water partition coefficient (Wildman–Crippen LogP) is 5.92. The molecule has 0 heterocycles. The Labute approximate surface area is 223 Å². The van der Waals surface area contributed by atoms with E-state index in [1.54, 1.807) is 4.90 Å². The maximum Gasteiger partial charge on any atom is 0.261 e. The van der Waals surface area contributed by atoms with E-state index in [2.05, 4.69) is 27.3 Å². The minimum Gasteiger partial charge on any atom is -0.483 e. The molecule has 3 aromatic carbocycles. The average molecular weight is 552 g/mol. The molecular weight excluding hydrogens is 516 g/mol. The van der Waals surface area contributed by atoms with Gasteiger partial charge in [0.25, 0.3) is 5.91 Å². The number of ether oxygens (including phenoxy) is 1. The molecule has 0 radical (unpaired) electrons. The molecule has 3 aromatic rings. The van der Waals surface area contributed by atoms with Crippen molar-refractivity contribution in [1.82, 2.24) is 10.2 Å². The molecule has 1 atom stereocenters. The molecule has 0 aliphatic rings. The highest BCUT2D eigenvalue weighted by Gasteiger charge is 2.30. The fourth-order valence-corrected chi connectivity index (χ4v) is 4.57. The van der Waals surface area contributed by atoms with Crippen LogP contribution in [-0.2, 0) is 22.6 Å². The molecule has 1 unspecified atom stereocenters. The van der Waals surface area contributed by atoms with Gasteiger partial charge in [0.1, 0.15) is 11.8 Å². The maximum absolute atomic E-state index is 13.7. The number of nitrogens with zero attached hydrogens (tertiary/aromatic N) is 1. The molecule has 0 spiro atoms. The molecule has 6 heteroatoms. The zero-order valence-corrected chi connectivity index (χ0v) is 23.1. The van der Waals surface area contributed by atoms with Gasteiger partial charge in [-0.2, -0.15) is 0 Å². The monoisotopic (exact) mass is 550 g/mol. The van der Waals surface area contributed by atoms with Gasteiger partial charge in [0, 0.05) is 24.0 Å². The predicted molar refractivity (Wildman–Crippen MR) is 148 cm³/mol. The molecule has 0 saturated carbocycles. The Morgan fingerprint density at radius 3 is 2.39 bits per heavy atom. The summed E-state index contributed by atoms with van der Waals surface area (Å²) in [7, 11) is 0. The maximum atomic E-state index is 13.7. The van der Waals surface area contributed by atoms with Crippen molar-refractivity contribution in [2.24, 2.45) is 0 Å². The lowest BCUT2D eigenvalue weighted by Gasteiger charge is -2.31. The van der Waals surface area contributed by atoms with Gasteiger partial charge in [-0.25, -0.2) is 0 Å². The molecule has 190 valence electrons. The number of rotatable bonds is 11. The Bertz CT molecular complexity index is 1180. The number of carbonyl (C=O) groups is 2. The van der Waals surface area contributed by atoms with Gasteiger partial charge < -0.3 is 15.0 Å². The molecule has 0 aliphatic carbocycles. The van der Waals surface area contributed by atoms with Crippen LogP contribution in [0.2, 0.25) is 0 Å². The summed E-state index contributed by atoms with van der Waals surface area (Å²) in [6.07, 6.45) is 1.23. The average Bonchev–Trinajstić information content (AvgIpc) is 2.86. The number of hydrogen-bond acceptors (Lipinski definition) is 3. The van der Waals surface area contributed by atoms with E-state index in [1.807, 2.05) is 88.4 Å². The summed E-state index contributed by atoms with van der Waals surface area (Å²) < 4.78 is 6.95. The Morgan fingerprint density at radius 1 is 0.972 bits per heavy atom. The summed E-state index contributed by atoms with van der Waals surface area (Å²) in [6.45, 7) is 8.75. The smallest absolute Gasteiger partial charge is 0.261 e. The molecule has 0 aliphatic heterocycles. The van der Waals surface area contributed by atoms with E-state index in [4.69, 9.17) is 4.74 Å². The second-order valence-corrected chi connectivity index (χ2v) is 10.1. The van der Waals surface area contributed by atoms with Gasteiger partial charge in [0.15, 0.2) is 6.61 Å². The van der Waals surface area contributed by atoms with Gasteiger partial charge in [-0.15, -0.1) is 0 Å². The summed E-state index contributed by atoms with van der Waals surface area (Å²) in [5, 5.41) is 3.00. The molecule has 0 aromatic heterocycles. The third-order valence-electron chi connectivity index (χ3n) is 6.18. The van der Waals surface area contributed by atoms with Gasteiger partial charge in [0.05, 0.1) is 0 Å². The van der Waals surface area contributed by atoms with Gasteiger partial charge in [0.2, 0.25) is 5.91 Å². The number of aryl methyl sites for hydroxylation is 2. The highest BCUT2D eigenvalue weighted by Crippen LogP contribution is 2.24. The second-order valence-electron chi connectivity index (χ2n) is 9.14. The van der Waals surface area contributed by atoms with Crippen molar-refractivity contribution in [2.45, 2.75) is 53.1 Å². The van der Waals surface area contributed by atoms with Gasteiger partial charge >= 0.3 is 0 Å². The van der Waals surface area contributed by atoms with E-state index in [1.165, 1.54) is 0 Å². The first-order valence-corrected chi connectivity index (χ1v) is 13.1. The number of carbonyl (C=O) groups excluding carboxylic acids is 2. The summed E-state index contributed by atoms with van der Waals surface area (Å²) in [6, 6.07) is 21.0. The van der Waals surface area contributed by atoms with Crippen molar-refractivity contribution in [2.75, 3.05) is 13.2 Å². The van der Waals surface area contributed by atoms with E-state index >= 15 is 0 Å². The van der Waals surface area contributed by atoms with E-state index < -0.39 is 6.04 Å². The zero-order chi connectivity index (χ0) is 26.1. The van der Waals surface area contributed by atoms with Crippen molar-refractivity contribution in [1.29, 1.82) is 0 Å². The van der Waals surface area contributed by atoms with Crippen molar-refractivity contribution in [3.8, 4) is 5.75 Å². The summed E-state index contributed by atoms with van der Waals surface area (Å²) in [5.74, 6) is 0.297. The molecule has 36 heavy (non-hydrogen) atoms. The second kappa shape index (κ2) is 13.3. The van der Waals surface area contributed by atoms with Gasteiger partial charge in [-0.3, -0.25) is 9.59 Å². The van der Waals surface area contributed by atoms with Crippen LogP contribution in [0.3, 0.4) is 0 Å². The lowest BCUT2D eigenvalue weighted by Crippen LogP contribution is -2.51. The van der Waals surface area contributed by atoms with Crippen molar-refractivity contribution in [3.63, 3.8) is 0 Å². The zero-order valence-electron chi connectivity index (χ0n) is 21.5.